The maximum absolute atomic E-state index is 15.0. The second kappa shape index (κ2) is 30.4. The van der Waals surface area contributed by atoms with Crippen molar-refractivity contribution in [3.8, 4) is 23.0 Å². The molecule has 0 saturated carbocycles. The molecule has 1 fully saturated rings. The van der Waals surface area contributed by atoms with E-state index >= 15 is 0 Å². The van der Waals surface area contributed by atoms with Crippen LogP contribution in [0.25, 0.3) is 21.8 Å². The van der Waals surface area contributed by atoms with Crippen molar-refractivity contribution in [2.45, 2.75) is 64.7 Å². The van der Waals surface area contributed by atoms with E-state index in [1.807, 2.05) is 13.1 Å². The largest absolute Gasteiger partial charge is 0.503 e. The third kappa shape index (κ3) is 14.6. The molecule has 101 heavy (non-hydrogen) atoms. The van der Waals surface area contributed by atoms with Crippen molar-refractivity contribution in [1.29, 1.82) is 0 Å². The Bertz CT molecular complexity index is 4310. The van der Waals surface area contributed by atoms with E-state index in [4.69, 9.17) is 38.9 Å². The fraction of sp³-hybridized carbons (Fsp3) is 0.412. The van der Waals surface area contributed by atoms with E-state index in [1.165, 1.54) is 40.9 Å². The smallest absolute Gasteiger partial charge is 0.410 e. The highest BCUT2D eigenvalue weighted by molar-refractivity contribution is 6.15. The molecule has 0 spiro atoms. The first-order valence-corrected chi connectivity index (χ1v) is 32.7. The topological polar surface area (TPSA) is 425 Å². The number of benzene rings is 3. The number of ether oxygens (including phenoxy) is 7. The number of imide groups is 1. The number of aryl methyl sites for hydroxylation is 1. The van der Waals surface area contributed by atoms with Crippen LogP contribution in [-0.2, 0) is 62.3 Å². The van der Waals surface area contributed by atoms with Crippen LogP contribution in [0.15, 0.2) is 66.5 Å². The van der Waals surface area contributed by atoms with Gasteiger partial charge in [0.2, 0.25) is 11.8 Å². The fourth-order valence-electron chi connectivity index (χ4n) is 13.3. The number of aromatic nitrogens is 3. The summed E-state index contributed by atoms with van der Waals surface area (Å²) in [5, 5.41) is 41.4. The minimum absolute atomic E-state index is 0.00409. The minimum Gasteiger partial charge on any atom is -0.503 e. The third-order valence-corrected chi connectivity index (χ3v) is 18.3. The Kier molecular flexibility index (Phi) is 21.4. The van der Waals surface area contributed by atoms with Crippen LogP contribution in [0.3, 0.4) is 0 Å². The lowest BCUT2D eigenvalue weighted by Gasteiger charge is -2.31. The normalized spacial score (nSPS) is 16.1. The molecule has 6 aromatic rings. The van der Waals surface area contributed by atoms with E-state index in [0.29, 0.717) is 75.0 Å². The van der Waals surface area contributed by atoms with Gasteiger partial charge in [0, 0.05) is 92.7 Å². The highest BCUT2D eigenvalue weighted by Crippen LogP contribution is 2.53. The van der Waals surface area contributed by atoms with Crippen LogP contribution in [0.2, 0.25) is 0 Å². The Morgan fingerprint density at radius 3 is 2.00 bits per heavy atom. The summed E-state index contributed by atoms with van der Waals surface area (Å²) >= 11 is 0. The maximum Gasteiger partial charge on any atom is 0.410 e. The summed E-state index contributed by atoms with van der Waals surface area (Å²) in [6.07, 6.45) is 3.65. The van der Waals surface area contributed by atoms with E-state index in [2.05, 4.69) is 30.9 Å². The van der Waals surface area contributed by atoms with Gasteiger partial charge in [-0.2, -0.15) is 0 Å². The number of aromatic hydroxyl groups is 2. The van der Waals surface area contributed by atoms with Crippen LogP contribution in [0.5, 0.6) is 23.0 Å². The lowest BCUT2D eigenvalue weighted by atomic mass is 9.86. The molecule has 11 amide bonds. The lowest BCUT2D eigenvalue weighted by Crippen LogP contribution is -2.51. The number of primary amides is 1. The molecule has 536 valence electrons. The Labute approximate surface area is 577 Å². The van der Waals surface area contributed by atoms with Crippen molar-refractivity contribution in [2.75, 3.05) is 128 Å². The average Bonchev–Trinajstić information content (AvgIpc) is 1.59. The summed E-state index contributed by atoms with van der Waals surface area (Å²) in [6.45, 7) is 4.94. The zero-order valence-electron chi connectivity index (χ0n) is 56.4. The number of likely N-dealkylation sites (tertiary alicyclic amines) is 1. The van der Waals surface area contributed by atoms with E-state index in [-0.39, 0.29) is 144 Å². The maximum atomic E-state index is 15.0. The van der Waals surface area contributed by atoms with Gasteiger partial charge in [0.05, 0.1) is 88.4 Å². The number of likely N-dealkylation sites (N-methyl/N-ethyl adjacent to an activating group) is 1. The van der Waals surface area contributed by atoms with Gasteiger partial charge in [-0.1, -0.05) is 26.0 Å². The number of allylic oxidation sites excluding steroid dienone is 1. The molecule has 7 heterocycles. The summed E-state index contributed by atoms with van der Waals surface area (Å²) < 4.78 is 39.2. The van der Waals surface area contributed by atoms with Crippen LogP contribution in [0.4, 0.5) is 36.2 Å². The zero-order chi connectivity index (χ0) is 72.1. The number of rotatable bonds is 27. The number of nitrogens with one attached hydrogen (secondary N) is 6. The summed E-state index contributed by atoms with van der Waals surface area (Å²) in [4.78, 5) is 149. The van der Waals surface area contributed by atoms with Crippen molar-refractivity contribution in [3.63, 3.8) is 0 Å². The van der Waals surface area contributed by atoms with Crippen molar-refractivity contribution in [2.24, 2.45) is 11.7 Å². The molecule has 3 aromatic carbocycles. The second-order valence-electron chi connectivity index (χ2n) is 24.8. The second-order valence-corrected chi connectivity index (χ2v) is 24.8. The molecule has 3 atom stereocenters. The summed E-state index contributed by atoms with van der Waals surface area (Å²) in [7, 11) is 4.21. The number of hydrogen-bond acceptors (Lipinski definition) is 20. The van der Waals surface area contributed by atoms with E-state index in [0.717, 1.165) is 28.2 Å². The number of H-pyrrole nitrogens is 3. The lowest BCUT2D eigenvalue weighted by molar-refractivity contribution is -0.137. The number of methoxy groups -OCH3 is 2. The first-order valence-electron chi connectivity index (χ1n) is 32.7. The molecule has 0 radical (unpaired) electrons. The quantitative estimate of drug-likeness (QED) is 0.0194. The Morgan fingerprint density at radius 2 is 1.38 bits per heavy atom. The Hall–Kier alpha value is -11.3. The molecule has 0 bridgehead atoms. The molecule has 3 aromatic heterocycles. The number of nitrogens with two attached hydrogens (primary N) is 1. The number of aliphatic hydroxyl groups is 1. The Balaban J connectivity index is 0.691. The number of carbonyl (C=O) groups excluding carboxylic acids is 10. The van der Waals surface area contributed by atoms with Gasteiger partial charge < -0.3 is 105 Å². The minimum atomic E-state index is -1.05. The third-order valence-electron chi connectivity index (χ3n) is 18.3. The highest BCUT2D eigenvalue weighted by Gasteiger charge is 2.44. The number of amides is 11. The van der Waals surface area contributed by atoms with Crippen molar-refractivity contribution in [3.05, 3.63) is 111 Å². The van der Waals surface area contributed by atoms with E-state index in [1.54, 1.807) is 61.2 Å². The molecular weight excluding hydrogens is 1320 g/mol. The van der Waals surface area contributed by atoms with E-state index in [9.17, 15) is 63.3 Å². The first kappa shape index (κ1) is 71.0. The van der Waals surface area contributed by atoms with Gasteiger partial charge in [0.1, 0.15) is 30.6 Å². The van der Waals surface area contributed by atoms with E-state index < -0.39 is 84.4 Å². The van der Waals surface area contributed by atoms with Crippen molar-refractivity contribution in [1.82, 2.24) is 45.2 Å². The number of aromatic amines is 3. The van der Waals surface area contributed by atoms with Gasteiger partial charge in [-0.3, -0.25) is 38.6 Å². The number of fused-ring (bicyclic) bond motifs is 9. The molecule has 1 saturated heterocycles. The number of urea groups is 1. The molecule has 33 heteroatoms. The number of phenols is 2. The van der Waals surface area contributed by atoms with Gasteiger partial charge in [-0.05, 0) is 90.3 Å². The van der Waals surface area contributed by atoms with Crippen LogP contribution < -0.4 is 41.0 Å². The van der Waals surface area contributed by atoms with Crippen LogP contribution in [0.1, 0.15) is 86.8 Å². The van der Waals surface area contributed by atoms with Gasteiger partial charge in [-0.25, -0.2) is 19.2 Å². The van der Waals surface area contributed by atoms with Gasteiger partial charge >= 0.3 is 24.3 Å². The number of hydrogen-bond donors (Lipinski definition) is 10. The monoisotopic (exact) mass is 1400 g/mol. The molecule has 2 unspecified atom stereocenters. The van der Waals surface area contributed by atoms with Gasteiger partial charge in [0.25, 0.3) is 23.6 Å². The molecule has 33 nitrogen and oxygen atoms in total. The van der Waals surface area contributed by atoms with Gasteiger partial charge in [-0.15, -0.1) is 0 Å². The predicted octanol–water partition coefficient (Wildman–Crippen LogP) is 4.39. The Morgan fingerprint density at radius 1 is 0.752 bits per heavy atom. The number of alkyl carbamates (subject to hydrolysis) is 1. The summed E-state index contributed by atoms with van der Waals surface area (Å²) in [5.74, 6) is -4.30. The SMILES string of the molecule is COc1c(O)c2c(c3cc(C(=O)N4CCc5c4c(O)c(OC)c4[nH]c(C(=O)N6CCC7C6=CC(OC(=O)N(CCOCCO)CCN(C)C(=O)OCc6ccc(NC(=O)CNC(=O)[C@@H](NC(=O)OCCOCCN8C(=O)C=CC8=O)C(C)C)cc6)c6[nH]cc(C)c67)cc54)[nH]c13)CCN2C(N)=O. The van der Waals surface area contributed by atoms with Crippen LogP contribution >= 0.6 is 0 Å². The average molecular weight is 1400 g/mol. The predicted molar refractivity (Wildman–Crippen MR) is 360 cm³/mol. The standard InChI is InChI=1S/C68H79N13O20/c1-35(2)52(75-66(92)99-28-27-98-25-22-79-49(84)11-12-50(79)85)62(88)71-33-48(83)72-38-9-7-37(8-10-38)34-100-67(93)76(4)19-20-77(21-24-97-26-23-82)68(94)101-47-31-46-41(51-36(3)32-70-55(47)51)15-16-78(46)63(89)44-29-42-39-13-17-80(56(39)58(86)60(95-5)53(42)73-44)64(90)45-30-43-40-14-18-81(65(69)91)57(40)59(87)61(96-6)54(43)74-45/h7-12,29-32,35,41,47,52,70,73-74,82,86-87H,13-28,33-34H2,1-6H3,(H2,69,91)(H,71,88)(H,72,83)(H,75,92)/t41?,47?,52-/m0/s1. The molecule has 4 aliphatic heterocycles. The molecule has 11 rings (SSSR count). The molecule has 1 aliphatic carbocycles. The summed E-state index contributed by atoms with van der Waals surface area (Å²) in [6, 6.07) is 7.88. The van der Waals surface area contributed by atoms with Crippen molar-refractivity contribution < 1.29 is 96.4 Å². The zero-order valence-corrected chi connectivity index (χ0v) is 56.4. The number of phenolic OH excluding ortho intramolecular Hbond substituents is 2. The van der Waals surface area contributed by atoms with Gasteiger partial charge in [0.15, 0.2) is 29.1 Å². The molecule has 5 aliphatic rings. The number of nitrogens with zero attached hydrogens (tertiary/aromatic N) is 6. The summed E-state index contributed by atoms with van der Waals surface area (Å²) in [5.41, 5.74) is 12.0. The number of aliphatic hydroxyl groups excluding tert-OH is 1. The van der Waals surface area contributed by atoms with Crippen LogP contribution in [-0.4, -0.2) is 229 Å². The van der Waals surface area contributed by atoms with Crippen LogP contribution in [0, 0.1) is 12.8 Å². The highest BCUT2D eigenvalue weighted by atomic mass is 16.6. The molecule has 11 N–H and O–H groups in total. The van der Waals surface area contributed by atoms with Crippen molar-refractivity contribution >= 4 is 98.6 Å². The number of carbonyl (C=O) groups is 10. The number of anilines is 3. The first-order chi connectivity index (χ1) is 48.5. The molecular formula is C68H79N13O20. The fourth-order valence-corrected chi connectivity index (χ4v) is 13.3.